The molecule has 44 heavy (non-hydrogen) atoms. The van der Waals surface area contributed by atoms with Crippen LogP contribution >= 0.6 is 0 Å². The summed E-state index contributed by atoms with van der Waals surface area (Å²) in [5, 5.41) is 5.90. The van der Waals surface area contributed by atoms with Crippen molar-refractivity contribution in [1.82, 2.24) is 20.1 Å². The lowest BCUT2D eigenvalue weighted by Gasteiger charge is -2.31. The number of aryl methyl sites for hydroxylation is 3. The first kappa shape index (κ1) is 31.2. The lowest BCUT2D eigenvalue weighted by molar-refractivity contribution is -0.126. The van der Waals surface area contributed by atoms with Crippen molar-refractivity contribution in [2.45, 2.75) is 78.0 Å². The highest BCUT2D eigenvalue weighted by molar-refractivity contribution is 5.85. The third-order valence-electron chi connectivity index (χ3n) is 8.98. The quantitative estimate of drug-likeness (QED) is 0.321. The first-order valence-electron chi connectivity index (χ1n) is 15.5. The van der Waals surface area contributed by atoms with Crippen molar-refractivity contribution in [3.8, 4) is 28.4 Å². The van der Waals surface area contributed by atoms with Gasteiger partial charge in [0.1, 0.15) is 17.2 Å². The van der Waals surface area contributed by atoms with Gasteiger partial charge in [0, 0.05) is 62.5 Å². The van der Waals surface area contributed by atoms with E-state index < -0.39 is 0 Å². The van der Waals surface area contributed by atoms with E-state index in [9.17, 15) is 14.4 Å². The Morgan fingerprint density at radius 1 is 1.00 bits per heavy atom. The Balaban J connectivity index is 1.46. The van der Waals surface area contributed by atoms with Crippen molar-refractivity contribution in [2.75, 3.05) is 14.1 Å². The Bertz CT molecular complexity index is 1580. The molecule has 9 heteroatoms. The van der Waals surface area contributed by atoms with E-state index in [0.29, 0.717) is 18.0 Å². The molecule has 0 saturated heterocycles. The third kappa shape index (κ3) is 6.93. The Morgan fingerprint density at radius 2 is 1.68 bits per heavy atom. The molecule has 1 heterocycles. The number of urea groups is 1. The number of aromatic nitrogens is 1. The van der Waals surface area contributed by atoms with E-state index in [1.165, 1.54) is 0 Å². The number of rotatable bonds is 9. The van der Waals surface area contributed by atoms with Crippen LogP contribution in [-0.2, 0) is 18.4 Å². The van der Waals surface area contributed by atoms with Crippen LogP contribution < -0.4 is 25.7 Å². The largest absolute Gasteiger partial charge is 0.490 e. The van der Waals surface area contributed by atoms with Gasteiger partial charge in [-0.25, -0.2) is 4.79 Å². The van der Waals surface area contributed by atoms with Crippen LogP contribution in [0.3, 0.4) is 0 Å². The van der Waals surface area contributed by atoms with Gasteiger partial charge in [0.25, 0.3) is 5.56 Å². The molecular weight excluding hydrogens is 556 g/mol. The monoisotopic (exact) mass is 600 g/mol. The van der Waals surface area contributed by atoms with Crippen LogP contribution in [0.5, 0.6) is 17.2 Å². The van der Waals surface area contributed by atoms with Crippen molar-refractivity contribution in [3.05, 3.63) is 75.7 Å². The number of hydrogen-bond acceptors (Lipinski definition) is 5. The molecule has 234 valence electrons. The molecule has 2 aliphatic rings. The van der Waals surface area contributed by atoms with Gasteiger partial charge >= 0.3 is 6.03 Å². The van der Waals surface area contributed by atoms with E-state index in [-0.39, 0.29) is 35.1 Å². The summed E-state index contributed by atoms with van der Waals surface area (Å²) in [5.41, 5.74) is 4.06. The van der Waals surface area contributed by atoms with E-state index in [4.69, 9.17) is 9.47 Å². The number of pyridine rings is 1. The van der Waals surface area contributed by atoms with Crippen LogP contribution in [0.1, 0.15) is 62.1 Å². The minimum Gasteiger partial charge on any atom is -0.490 e. The standard InChI is InChI=1S/C35H44N4O5/c1-22-8-7-9-23(2)32(22)44-29-15-10-24(20-39(6)34(42)36-4)18-27(29)28-21-38(5)31(40)19-30(28)43-26-13-11-25(12-14-26)37-33(41)35(3)16-17-35/h7-10,15,18-19,21,25-26H,11-14,16-17,20H2,1-6H3,(H,36,42)(H,37,41). The highest BCUT2D eigenvalue weighted by Gasteiger charge is 2.45. The molecule has 0 radical (unpaired) electrons. The topological polar surface area (TPSA) is 102 Å². The average Bonchev–Trinajstić information content (AvgIpc) is 3.76. The predicted octanol–water partition coefficient (Wildman–Crippen LogP) is 5.84. The van der Waals surface area contributed by atoms with Crippen molar-refractivity contribution < 1.29 is 19.1 Å². The summed E-state index contributed by atoms with van der Waals surface area (Å²) in [6.45, 7) is 6.43. The second-order valence-corrected chi connectivity index (χ2v) is 12.7. The fourth-order valence-electron chi connectivity index (χ4n) is 5.77. The van der Waals surface area contributed by atoms with Crippen LogP contribution in [0.4, 0.5) is 4.79 Å². The molecule has 0 spiro atoms. The zero-order chi connectivity index (χ0) is 31.6. The van der Waals surface area contributed by atoms with Crippen LogP contribution in [0.15, 0.2) is 53.5 Å². The lowest BCUT2D eigenvalue weighted by atomic mass is 9.92. The summed E-state index contributed by atoms with van der Waals surface area (Å²) in [4.78, 5) is 39.3. The first-order chi connectivity index (χ1) is 21.0. The number of hydrogen-bond donors (Lipinski definition) is 2. The van der Waals surface area contributed by atoms with Crippen molar-refractivity contribution >= 4 is 11.9 Å². The molecule has 0 bridgehead atoms. The molecule has 3 amide bonds. The molecule has 9 nitrogen and oxygen atoms in total. The predicted molar refractivity (Wildman–Crippen MR) is 171 cm³/mol. The SMILES string of the molecule is CNC(=O)N(C)Cc1ccc(Oc2c(C)cccc2C)c(-c2cn(C)c(=O)cc2OC2CCC(NC(=O)C3(C)CC3)CC2)c1. The van der Waals surface area contributed by atoms with E-state index >= 15 is 0 Å². The Labute approximate surface area is 259 Å². The van der Waals surface area contributed by atoms with Gasteiger partial charge in [-0.2, -0.15) is 0 Å². The van der Waals surface area contributed by atoms with E-state index in [2.05, 4.69) is 10.6 Å². The summed E-state index contributed by atoms with van der Waals surface area (Å²) in [7, 11) is 5.07. The Hall–Kier alpha value is -4.27. The fraction of sp³-hybridized carbons (Fsp3) is 0.457. The smallest absolute Gasteiger partial charge is 0.317 e. The number of para-hydroxylation sites is 1. The van der Waals surface area contributed by atoms with Gasteiger partial charge in [-0.05, 0) is 81.2 Å². The zero-order valence-electron chi connectivity index (χ0n) is 26.7. The van der Waals surface area contributed by atoms with Crippen LogP contribution in [-0.4, -0.2) is 47.6 Å². The normalized spacial score (nSPS) is 18.7. The van der Waals surface area contributed by atoms with Crippen molar-refractivity contribution in [3.63, 3.8) is 0 Å². The minimum absolute atomic E-state index is 0.0870. The number of nitrogens with zero attached hydrogens (tertiary/aromatic N) is 2. The Kier molecular flexibility index (Phi) is 9.04. The molecule has 0 unspecified atom stereocenters. The van der Waals surface area contributed by atoms with E-state index in [1.54, 1.807) is 42.9 Å². The van der Waals surface area contributed by atoms with Gasteiger partial charge in [-0.1, -0.05) is 31.2 Å². The van der Waals surface area contributed by atoms with Gasteiger partial charge in [0.15, 0.2) is 0 Å². The molecule has 0 aliphatic heterocycles. The molecule has 3 aromatic rings. The summed E-state index contributed by atoms with van der Waals surface area (Å²) < 4.78 is 14.7. The number of carbonyl (C=O) groups is 2. The Morgan fingerprint density at radius 3 is 2.32 bits per heavy atom. The molecule has 5 rings (SSSR count). The van der Waals surface area contributed by atoms with Gasteiger partial charge < -0.3 is 29.6 Å². The van der Waals surface area contributed by atoms with Crippen molar-refractivity contribution in [1.29, 1.82) is 0 Å². The van der Waals surface area contributed by atoms with E-state index in [1.807, 2.05) is 57.2 Å². The maximum absolute atomic E-state index is 12.9. The summed E-state index contributed by atoms with van der Waals surface area (Å²) >= 11 is 0. The highest BCUT2D eigenvalue weighted by Crippen LogP contribution is 2.45. The maximum Gasteiger partial charge on any atom is 0.317 e. The van der Waals surface area contributed by atoms with Crippen molar-refractivity contribution in [2.24, 2.45) is 12.5 Å². The van der Waals surface area contributed by atoms with E-state index in [0.717, 1.165) is 72.1 Å². The van der Waals surface area contributed by atoms with Gasteiger partial charge in [0.2, 0.25) is 5.91 Å². The van der Waals surface area contributed by atoms with Crippen LogP contribution in [0.2, 0.25) is 0 Å². The van der Waals surface area contributed by atoms with Crippen LogP contribution in [0, 0.1) is 19.3 Å². The van der Waals surface area contributed by atoms with Gasteiger partial charge in [-0.3, -0.25) is 9.59 Å². The number of carbonyl (C=O) groups excluding carboxylic acids is 2. The molecule has 2 N–H and O–H groups in total. The minimum atomic E-state index is -0.188. The number of amides is 3. The number of nitrogens with one attached hydrogen (secondary N) is 2. The second kappa shape index (κ2) is 12.8. The van der Waals surface area contributed by atoms with Crippen LogP contribution in [0.25, 0.3) is 11.1 Å². The average molecular weight is 601 g/mol. The van der Waals surface area contributed by atoms with Gasteiger partial charge in [0.05, 0.1) is 6.10 Å². The summed E-state index contributed by atoms with van der Waals surface area (Å²) in [6, 6.07) is 13.4. The zero-order valence-corrected chi connectivity index (χ0v) is 26.7. The fourth-order valence-corrected chi connectivity index (χ4v) is 5.77. The molecule has 0 atom stereocenters. The second-order valence-electron chi connectivity index (χ2n) is 12.7. The molecular formula is C35H44N4O5. The molecule has 2 fully saturated rings. The maximum atomic E-state index is 12.9. The summed E-state index contributed by atoms with van der Waals surface area (Å²) in [6.07, 6.45) is 6.83. The molecule has 2 aromatic carbocycles. The summed E-state index contributed by atoms with van der Waals surface area (Å²) in [5.74, 6) is 2.05. The lowest BCUT2D eigenvalue weighted by Crippen LogP contribution is -2.42. The van der Waals surface area contributed by atoms with Gasteiger partial charge in [-0.15, -0.1) is 0 Å². The molecule has 1 aromatic heterocycles. The third-order valence-corrected chi connectivity index (χ3v) is 8.98. The molecule has 2 saturated carbocycles. The highest BCUT2D eigenvalue weighted by atomic mass is 16.5. The molecule has 2 aliphatic carbocycles. The number of benzene rings is 2. The first-order valence-corrected chi connectivity index (χ1v) is 15.5. The number of ether oxygens (including phenoxy) is 2.